The molecular weight excluding hydrogens is 729 g/mol. The van der Waals surface area contributed by atoms with Gasteiger partial charge in [0.25, 0.3) is 0 Å². The number of methoxy groups -OCH3 is 1. The number of rotatable bonds is 10. The molecule has 2 fully saturated rings. The first-order chi connectivity index (χ1) is 28.9. The van der Waals surface area contributed by atoms with E-state index in [1.165, 1.54) is 58.4 Å². The summed E-state index contributed by atoms with van der Waals surface area (Å²) in [5.74, 6) is -0.173. The normalized spacial score (nSPS) is 13.4. The smallest absolute Gasteiger partial charge is 0.339 e. The lowest BCUT2D eigenvalue weighted by atomic mass is 9.95. The van der Waals surface area contributed by atoms with E-state index in [1.807, 2.05) is 48.8 Å². The molecule has 10 rings (SSSR count). The van der Waals surface area contributed by atoms with Crippen molar-refractivity contribution in [3.05, 3.63) is 203 Å². The molecule has 2 aromatic heterocycles. The van der Waals surface area contributed by atoms with Gasteiger partial charge in [-0.1, -0.05) is 133 Å². The van der Waals surface area contributed by atoms with E-state index in [1.54, 1.807) is 0 Å². The fraction of sp³-hybridized carbons (Fsp3) is 0.170. The predicted octanol–water partition coefficient (Wildman–Crippen LogP) is 12.2. The molecule has 2 aliphatic carbocycles. The molecule has 1 N–H and O–H groups in total. The van der Waals surface area contributed by atoms with Crippen molar-refractivity contribution in [3.8, 4) is 22.3 Å². The summed E-state index contributed by atoms with van der Waals surface area (Å²) in [6, 6.07) is 50.1. The second kappa shape index (κ2) is 16.5. The van der Waals surface area contributed by atoms with Crippen LogP contribution in [0, 0.1) is 0 Å². The molecule has 6 nitrogen and oxygen atoms in total. The molecule has 2 saturated carbocycles. The Morgan fingerprint density at radius 2 is 1.02 bits per heavy atom. The van der Waals surface area contributed by atoms with Gasteiger partial charge in [-0.05, 0) is 116 Å². The maximum Gasteiger partial charge on any atom is 0.339 e. The van der Waals surface area contributed by atoms with E-state index in [4.69, 9.17) is 4.74 Å². The fourth-order valence-corrected chi connectivity index (χ4v) is 8.06. The van der Waals surface area contributed by atoms with Crippen LogP contribution in [0.3, 0.4) is 0 Å². The van der Waals surface area contributed by atoms with E-state index in [-0.39, 0.29) is 5.97 Å². The standard InChI is InChI=1S/C27H23NO2.C26H21NO2/c1-30-27(29)25-16-22(19-11-12-19)17-28-26(25)15-18-10-13-24-21(14-18)8-5-9-23(24)20-6-3-2-4-7-20;28-26(29)24-15-21(18-10-11-18)16-27-25(24)14-17-9-12-23-20(13-17)7-4-8-22(23)19-5-2-1-3-6-19/h2-10,13-14,16-17,19H,11-12,15H2,1H3;1-9,12-13,15-16,18H,10-11,14H2,(H,28,29). The van der Waals surface area contributed by atoms with Crippen LogP contribution in [0.5, 0.6) is 0 Å². The first-order valence-corrected chi connectivity index (χ1v) is 20.3. The van der Waals surface area contributed by atoms with Crippen LogP contribution in [-0.2, 0) is 17.6 Å². The molecule has 0 atom stereocenters. The van der Waals surface area contributed by atoms with Gasteiger partial charge in [0.2, 0.25) is 0 Å². The van der Waals surface area contributed by atoms with Crippen LogP contribution in [0.15, 0.2) is 158 Å². The first kappa shape index (κ1) is 37.6. The lowest BCUT2D eigenvalue weighted by Gasteiger charge is -2.11. The minimum atomic E-state index is -0.901. The Hall–Kier alpha value is -6.92. The Balaban J connectivity index is 0.000000152. The second-order valence-corrected chi connectivity index (χ2v) is 15.7. The number of aromatic nitrogens is 2. The van der Waals surface area contributed by atoms with Crippen molar-refractivity contribution in [2.75, 3.05) is 7.11 Å². The minimum Gasteiger partial charge on any atom is -0.478 e. The summed E-state index contributed by atoms with van der Waals surface area (Å²) in [5.41, 5.74) is 11.5. The number of carbonyl (C=O) groups is 2. The monoisotopic (exact) mass is 772 g/mol. The summed E-state index contributed by atoms with van der Waals surface area (Å²) in [4.78, 5) is 33.3. The van der Waals surface area contributed by atoms with Crippen molar-refractivity contribution in [2.24, 2.45) is 0 Å². The molecule has 0 radical (unpaired) electrons. The third kappa shape index (κ3) is 8.39. The number of pyridine rings is 2. The van der Waals surface area contributed by atoms with Gasteiger partial charge in [-0.3, -0.25) is 9.97 Å². The van der Waals surface area contributed by atoms with Crippen molar-refractivity contribution in [1.29, 1.82) is 0 Å². The van der Waals surface area contributed by atoms with Gasteiger partial charge in [0.15, 0.2) is 0 Å². The quantitative estimate of drug-likeness (QED) is 0.139. The summed E-state index contributed by atoms with van der Waals surface area (Å²) in [5, 5.41) is 14.4. The zero-order valence-corrected chi connectivity index (χ0v) is 33.0. The third-order valence-electron chi connectivity index (χ3n) is 11.5. The highest BCUT2D eigenvalue weighted by Gasteiger charge is 2.27. The minimum absolute atomic E-state index is 0.313. The zero-order chi connectivity index (χ0) is 40.3. The van der Waals surface area contributed by atoms with Crippen LogP contribution >= 0.6 is 0 Å². The summed E-state index contributed by atoms with van der Waals surface area (Å²) >= 11 is 0. The van der Waals surface area contributed by atoms with Crippen LogP contribution in [-0.4, -0.2) is 34.1 Å². The number of ether oxygens (including phenoxy) is 1. The fourth-order valence-electron chi connectivity index (χ4n) is 8.06. The molecule has 0 aliphatic heterocycles. The van der Waals surface area contributed by atoms with Crippen LogP contribution in [0.1, 0.15) is 91.9 Å². The number of nitrogens with zero attached hydrogens (tertiary/aromatic N) is 2. The van der Waals surface area contributed by atoms with Gasteiger partial charge in [0.1, 0.15) is 0 Å². The maximum absolute atomic E-state index is 12.4. The van der Waals surface area contributed by atoms with E-state index < -0.39 is 5.97 Å². The maximum atomic E-state index is 12.4. The van der Waals surface area contributed by atoms with E-state index in [0.717, 1.165) is 46.2 Å². The molecular formula is C53H44N2O4. The molecule has 0 spiro atoms. The number of aromatic carboxylic acids is 1. The van der Waals surface area contributed by atoms with Crippen molar-refractivity contribution >= 4 is 33.5 Å². The first-order valence-electron chi connectivity index (χ1n) is 20.3. The van der Waals surface area contributed by atoms with E-state index in [2.05, 4.69) is 119 Å². The molecule has 0 saturated heterocycles. The lowest BCUT2D eigenvalue weighted by Crippen LogP contribution is -2.09. The van der Waals surface area contributed by atoms with E-state index in [9.17, 15) is 14.7 Å². The molecule has 0 amide bonds. The molecule has 6 heteroatoms. The number of carboxylic acid groups (broad SMARTS) is 1. The molecule has 2 aliphatic rings. The highest BCUT2D eigenvalue weighted by atomic mass is 16.5. The lowest BCUT2D eigenvalue weighted by molar-refractivity contribution is 0.0598. The number of carboxylic acids is 1. The summed E-state index contributed by atoms with van der Waals surface area (Å²) in [7, 11) is 1.43. The molecule has 6 aromatic carbocycles. The van der Waals surface area contributed by atoms with Gasteiger partial charge in [-0.15, -0.1) is 0 Å². The number of fused-ring (bicyclic) bond motifs is 2. The number of hydrogen-bond donors (Lipinski definition) is 1. The largest absolute Gasteiger partial charge is 0.478 e. The Labute approximate surface area is 344 Å². The van der Waals surface area contributed by atoms with E-state index >= 15 is 0 Å². The van der Waals surface area contributed by atoms with Crippen LogP contribution in [0.2, 0.25) is 0 Å². The topological polar surface area (TPSA) is 89.4 Å². The summed E-state index contributed by atoms with van der Waals surface area (Å²) < 4.78 is 5.03. The van der Waals surface area contributed by atoms with Gasteiger partial charge < -0.3 is 9.84 Å². The van der Waals surface area contributed by atoms with Gasteiger partial charge in [0, 0.05) is 25.2 Å². The molecule has 59 heavy (non-hydrogen) atoms. The highest BCUT2D eigenvalue weighted by molar-refractivity contribution is 5.98. The number of hydrogen-bond acceptors (Lipinski definition) is 5. The Kier molecular flexibility index (Phi) is 10.5. The molecule has 0 bridgehead atoms. The third-order valence-corrected chi connectivity index (χ3v) is 11.5. The van der Waals surface area contributed by atoms with Gasteiger partial charge >= 0.3 is 11.9 Å². The van der Waals surface area contributed by atoms with Crippen LogP contribution < -0.4 is 0 Å². The summed E-state index contributed by atoms with van der Waals surface area (Å²) in [6.07, 6.45) is 9.51. The van der Waals surface area contributed by atoms with Crippen LogP contribution in [0.4, 0.5) is 0 Å². The van der Waals surface area contributed by atoms with Gasteiger partial charge in [0.05, 0.1) is 29.6 Å². The van der Waals surface area contributed by atoms with Crippen LogP contribution in [0.25, 0.3) is 43.8 Å². The Morgan fingerprint density at radius 3 is 1.46 bits per heavy atom. The number of esters is 1. The number of carbonyl (C=O) groups excluding carboxylic acids is 1. The van der Waals surface area contributed by atoms with Crippen molar-refractivity contribution in [3.63, 3.8) is 0 Å². The predicted molar refractivity (Wildman–Crippen MR) is 235 cm³/mol. The average molecular weight is 773 g/mol. The van der Waals surface area contributed by atoms with Crippen molar-refractivity contribution in [2.45, 2.75) is 50.4 Å². The SMILES string of the molecule is COC(=O)c1cc(C2CC2)cnc1Cc1ccc2c(-c3ccccc3)cccc2c1.O=C(O)c1cc(C2CC2)cnc1Cc1ccc2c(-c3ccccc3)cccc2c1. The highest BCUT2D eigenvalue weighted by Crippen LogP contribution is 2.41. The second-order valence-electron chi connectivity index (χ2n) is 15.7. The average Bonchev–Trinajstić information content (AvgIpc) is 4.22. The molecule has 2 heterocycles. The number of benzene rings is 6. The molecule has 290 valence electrons. The zero-order valence-electron chi connectivity index (χ0n) is 33.0. The van der Waals surface area contributed by atoms with Crippen molar-refractivity contribution in [1.82, 2.24) is 9.97 Å². The van der Waals surface area contributed by atoms with E-state index in [0.29, 0.717) is 41.5 Å². The Bertz CT molecular complexity index is 2830. The van der Waals surface area contributed by atoms with Gasteiger partial charge in [-0.2, -0.15) is 0 Å². The summed E-state index contributed by atoms with van der Waals surface area (Å²) in [6.45, 7) is 0. The van der Waals surface area contributed by atoms with Crippen molar-refractivity contribution < 1.29 is 19.4 Å². The Morgan fingerprint density at radius 1 is 0.559 bits per heavy atom. The molecule has 8 aromatic rings. The van der Waals surface area contributed by atoms with Gasteiger partial charge in [-0.25, -0.2) is 9.59 Å². The molecule has 0 unspecified atom stereocenters.